The van der Waals surface area contributed by atoms with Crippen LogP contribution in [-0.2, 0) is 9.59 Å². The molecule has 1 aliphatic rings. The summed E-state index contributed by atoms with van der Waals surface area (Å²) in [6, 6.07) is 0.550. The van der Waals surface area contributed by atoms with Gasteiger partial charge in [-0.2, -0.15) is 0 Å². The lowest BCUT2D eigenvalue weighted by atomic mass is 10.2. The predicted molar refractivity (Wildman–Crippen MR) is 63.2 cm³/mol. The Hall–Kier alpha value is -0.900. The van der Waals surface area contributed by atoms with Gasteiger partial charge in [0.25, 0.3) is 0 Å². The molecule has 92 valence electrons. The fourth-order valence-corrected chi connectivity index (χ4v) is 1.93. The molecule has 0 spiro atoms. The lowest BCUT2D eigenvalue weighted by molar-refractivity contribution is -0.134. The van der Waals surface area contributed by atoms with E-state index in [1.807, 2.05) is 4.90 Å². The van der Waals surface area contributed by atoms with Gasteiger partial charge in [0, 0.05) is 45.1 Å². The average Bonchev–Trinajstić information content (AvgIpc) is 2.26. The van der Waals surface area contributed by atoms with Crippen LogP contribution >= 0.6 is 0 Å². The summed E-state index contributed by atoms with van der Waals surface area (Å²) in [5.74, 6) is 0.216. The summed E-state index contributed by atoms with van der Waals surface area (Å²) < 4.78 is 0. The summed E-state index contributed by atoms with van der Waals surface area (Å²) in [6.45, 7) is 9.38. The molecule has 0 saturated carbocycles. The first-order chi connectivity index (χ1) is 7.50. The predicted octanol–water partition coefficient (Wildman–Crippen LogP) is 0.908. The van der Waals surface area contributed by atoms with Crippen molar-refractivity contribution in [3.63, 3.8) is 0 Å². The van der Waals surface area contributed by atoms with Crippen LogP contribution in [-0.4, -0.2) is 53.7 Å². The Balaban J connectivity index is 2.30. The van der Waals surface area contributed by atoms with Crippen LogP contribution in [0.2, 0.25) is 0 Å². The minimum absolute atomic E-state index is 0.0918. The standard InChI is InChI=1S/C12H22N2O2/c1-10(2)13-6-8-14(9-7-13)12(16)5-4-11(3)15/h10H,4-9H2,1-3H3. The lowest BCUT2D eigenvalue weighted by Gasteiger charge is -2.36. The van der Waals surface area contributed by atoms with E-state index in [1.165, 1.54) is 6.92 Å². The molecular formula is C12H22N2O2. The molecule has 0 aromatic heterocycles. The van der Waals surface area contributed by atoms with Gasteiger partial charge in [-0.1, -0.05) is 0 Å². The molecular weight excluding hydrogens is 204 g/mol. The van der Waals surface area contributed by atoms with Crippen LogP contribution in [0, 0.1) is 0 Å². The van der Waals surface area contributed by atoms with Crippen molar-refractivity contribution < 1.29 is 9.59 Å². The van der Waals surface area contributed by atoms with E-state index in [-0.39, 0.29) is 11.7 Å². The lowest BCUT2D eigenvalue weighted by Crippen LogP contribution is -2.50. The molecule has 1 amide bonds. The topological polar surface area (TPSA) is 40.6 Å². The molecule has 1 rings (SSSR count). The highest BCUT2D eigenvalue weighted by molar-refractivity contribution is 5.83. The largest absolute Gasteiger partial charge is 0.340 e. The first-order valence-electron chi connectivity index (χ1n) is 6.02. The molecule has 1 heterocycles. The quantitative estimate of drug-likeness (QED) is 0.715. The van der Waals surface area contributed by atoms with Crippen LogP contribution in [0.25, 0.3) is 0 Å². The highest BCUT2D eigenvalue weighted by Crippen LogP contribution is 2.08. The van der Waals surface area contributed by atoms with Crippen LogP contribution in [0.1, 0.15) is 33.6 Å². The highest BCUT2D eigenvalue weighted by atomic mass is 16.2. The number of hydrogen-bond acceptors (Lipinski definition) is 3. The zero-order chi connectivity index (χ0) is 12.1. The molecule has 1 aliphatic heterocycles. The molecule has 0 unspecified atom stereocenters. The third-order valence-corrected chi connectivity index (χ3v) is 3.09. The van der Waals surface area contributed by atoms with Crippen molar-refractivity contribution >= 4 is 11.7 Å². The average molecular weight is 226 g/mol. The first-order valence-corrected chi connectivity index (χ1v) is 6.02. The van der Waals surface area contributed by atoms with Gasteiger partial charge in [0.15, 0.2) is 0 Å². The van der Waals surface area contributed by atoms with Crippen molar-refractivity contribution in [3.05, 3.63) is 0 Å². The SMILES string of the molecule is CC(=O)CCC(=O)N1CCN(C(C)C)CC1. The summed E-state index contributed by atoms with van der Waals surface area (Å²) in [5.41, 5.74) is 0. The van der Waals surface area contributed by atoms with Crippen LogP contribution in [0.4, 0.5) is 0 Å². The molecule has 4 heteroatoms. The van der Waals surface area contributed by atoms with Gasteiger partial charge in [-0.15, -0.1) is 0 Å². The number of rotatable bonds is 4. The van der Waals surface area contributed by atoms with Crippen molar-refractivity contribution in [2.45, 2.75) is 39.7 Å². The van der Waals surface area contributed by atoms with E-state index in [0.717, 1.165) is 26.2 Å². The van der Waals surface area contributed by atoms with Crippen LogP contribution < -0.4 is 0 Å². The maximum Gasteiger partial charge on any atom is 0.223 e. The van der Waals surface area contributed by atoms with E-state index in [1.54, 1.807) is 0 Å². The molecule has 0 aromatic rings. The highest BCUT2D eigenvalue weighted by Gasteiger charge is 2.22. The number of carbonyl (C=O) groups is 2. The van der Waals surface area contributed by atoms with E-state index in [0.29, 0.717) is 18.9 Å². The Morgan fingerprint density at radius 1 is 1.06 bits per heavy atom. The minimum atomic E-state index is 0.0918. The van der Waals surface area contributed by atoms with E-state index in [2.05, 4.69) is 18.7 Å². The van der Waals surface area contributed by atoms with Gasteiger partial charge in [-0.05, 0) is 20.8 Å². The van der Waals surface area contributed by atoms with E-state index in [9.17, 15) is 9.59 Å². The molecule has 0 aliphatic carbocycles. The molecule has 16 heavy (non-hydrogen) atoms. The minimum Gasteiger partial charge on any atom is -0.340 e. The number of amides is 1. The second kappa shape index (κ2) is 5.99. The number of Topliss-reactive ketones (excluding diaryl/α,β-unsaturated/α-hetero) is 1. The summed E-state index contributed by atoms with van der Waals surface area (Å²) in [7, 11) is 0. The van der Waals surface area contributed by atoms with Gasteiger partial charge in [0.2, 0.25) is 5.91 Å². The van der Waals surface area contributed by atoms with Crippen molar-refractivity contribution in [3.8, 4) is 0 Å². The van der Waals surface area contributed by atoms with Gasteiger partial charge in [0.05, 0.1) is 0 Å². The molecule has 0 bridgehead atoms. The third-order valence-electron chi connectivity index (χ3n) is 3.09. The Morgan fingerprint density at radius 3 is 2.06 bits per heavy atom. The van der Waals surface area contributed by atoms with Crippen LogP contribution in [0.5, 0.6) is 0 Å². The molecule has 1 saturated heterocycles. The van der Waals surface area contributed by atoms with E-state index in [4.69, 9.17) is 0 Å². The summed E-state index contributed by atoms with van der Waals surface area (Å²) in [6.07, 6.45) is 0.750. The number of piperazine rings is 1. The first kappa shape index (κ1) is 13.2. The number of nitrogens with zero attached hydrogens (tertiary/aromatic N) is 2. The zero-order valence-corrected chi connectivity index (χ0v) is 10.5. The van der Waals surface area contributed by atoms with Crippen LogP contribution in [0.15, 0.2) is 0 Å². The van der Waals surface area contributed by atoms with Crippen molar-refractivity contribution in [1.29, 1.82) is 0 Å². The Morgan fingerprint density at radius 2 is 1.62 bits per heavy atom. The summed E-state index contributed by atoms with van der Waals surface area (Å²) in [4.78, 5) is 26.8. The number of ketones is 1. The second-order valence-electron chi connectivity index (χ2n) is 4.71. The van der Waals surface area contributed by atoms with Crippen molar-refractivity contribution in [2.75, 3.05) is 26.2 Å². The summed E-state index contributed by atoms with van der Waals surface area (Å²) in [5, 5.41) is 0. The molecule has 0 aromatic carbocycles. The van der Waals surface area contributed by atoms with Crippen molar-refractivity contribution in [1.82, 2.24) is 9.80 Å². The zero-order valence-electron chi connectivity index (χ0n) is 10.5. The maximum absolute atomic E-state index is 11.7. The molecule has 1 fully saturated rings. The van der Waals surface area contributed by atoms with Gasteiger partial charge in [0.1, 0.15) is 5.78 Å². The Labute approximate surface area is 97.6 Å². The Kier molecular flexibility index (Phi) is 4.93. The van der Waals surface area contributed by atoms with Gasteiger partial charge in [-0.25, -0.2) is 0 Å². The van der Waals surface area contributed by atoms with Crippen LogP contribution in [0.3, 0.4) is 0 Å². The fraction of sp³-hybridized carbons (Fsp3) is 0.833. The number of carbonyl (C=O) groups excluding carboxylic acids is 2. The second-order valence-corrected chi connectivity index (χ2v) is 4.71. The molecule has 0 N–H and O–H groups in total. The molecule has 0 atom stereocenters. The van der Waals surface area contributed by atoms with Gasteiger partial charge >= 0.3 is 0 Å². The normalized spacial score (nSPS) is 17.9. The van der Waals surface area contributed by atoms with E-state index < -0.39 is 0 Å². The van der Waals surface area contributed by atoms with Crippen molar-refractivity contribution in [2.24, 2.45) is 0 Å². The maximum atomic E-state index is 11.7. The number of hydrogen-bond donors (Lipinski definition) is 0. The third kappa shape index (κ3) is 3.93. The molecule has 4 nitrogen and oxygen atoms in total. The van der Waals surface area contributed by atoms with Gasteiger partial charge < -0.3 is 9.69 Å². The smallest absolute Gasteiger partial charge is 0.223 e. The van der Waals surface area contributed by atoms with E-state index >= 15 is 0 Å². The Bertz CT molecular complexity index is 256. The van der Waals surface area contributed by atoms with Gasteiger partial charge in [-0.3, -0.25) is 9.69 Å². The molecule has 0 radical (unpaired) electrons. The monoisotopic (exact) mass is 226 g/mol. The summed E-state index contributed by atoms with van der Waals surface area (Å²) >= 11 is 0. The fourth-order valence-electron chi connectivity index (χ4n) is 1.93.